The molecule has 1 N–H and O–H groups in total. The van der Waals surface area contributed by atoms with Gasteiger partial charge < -0.3 is 0 Å². The van der Waals surface area contributed by atoms with Crippen LogP contribution >= 0.6 is 0 Å². The number of hydrogen-bond acceptors (Lipinski definition) is 1. The van der Waals surface area contributed by atoms with E-state index in [2.05, 4.69) is 24.2 Å². The van der Waals surface area contributed by atoms with Gasteiger partial charge in [0, 0.05) is 11.3 Å². The highest BCUT2D eigenvalue weighted by Crippen LogP contribution is 2.21. The first-order valence-corrected chi connectivity index (χ1v) is 5.65. The summed E-state index contributed by atoms with van der Waals surface area (Å²) in [5.74, 6) is 0. The topological polar surface area (TPSA) is 37.8 Å². The minimum absolute atomic E-state index is 0.0769. The molecule has 0 radical (unpaired) electrons. The van der Waals surface area contributed by atoms with Crippen LogP contribution in [0.5, 0.6) is 0 Å². The minimum Gasteiger partial charge on any atom is -0.268 e. The number of aryl methyl sites for hydroxylation is 1. The summed E-state index contributed by atoms with van der Waals surface area (Å²) in [5, 5.41) is 2.91. The monoisotopic (exact) mass is 214 g/mol. The third-order valence-corrected chi connectivity index (χ3v) is 3.24. The molecule has 1 aliphatic rings. The summed E-state index contributed by atoms with van der Waals surface area (Å²) in [6.07, 6.45) is 3.02. The van der Waals surface area contributed by atoms with Gasteiger partial charge in [-0.2, -0.15) is 0 Å². The number of rotatable bonds is 1. The van der Waals surface area contributed by atoms with E-state index in [1.54, 1.807) is 0 Å². The van der Waals surface area contributed by atoms with E-state index >= 15 is 0 Å². The van der Waals surface area contributed by atoms with E-state index in [4.69, 9.17) is 0 Å². The van der Waals surface area contributed by atoms with E-state index in [0.717, 1.165) is 36.2 Å². The van der Waals surface area contributed by atoms with E-state index in [-0.39, 0.29) is 5.56 Å². The average molecular weight is 214 g/mol. The minimum atomic E-state index is 0.0769. The number of benzene rings is 1. The number of aromatic nitrogens is 2. The number of nitrogens with zero attached hydrogens (tertiary/aromatic N) is 1. The maximum atomic E-state index is 11.7. The molecular formula is C13H14N2O. The summed E-state index contributed by atoms with van der Waals surface area (Å²) >= 11 is 0. The highest BCUT2D eigenvalue weighted by molar-refractivity contribution is 5.38. The third kappa shape index (κ3) is 1.32. The Labute approximate surface area is 93.7 Å². The molecule has 0 amide bonds. The Morgan fingerprint density at radius 2 is 1.94 bits per heavy atom. The molecule has 3 nitrogen and oxygen atoms in total. The van der Waals surface area contributed by atoms with Crippen molar-refractivity contribution >= 4 is 0 Å². The van der Waals surface area contributed by atoms with Crippen LogP contribution in [0.2, 0.25) is 0 Å². The van der Waals surface area contributed by atoms with Gasteiger partial charge in [-0.15, -0.1) is 0 Å². The van der Waals surface area contributed by atoms with Gasteiger partial charge in [0.2, 0.25) is 0 Å². The Balaban J connectivity index is 2.17. The smallest absolute Gasteiger partial charge is 0.267 e. The van der Waals surface area contributed by atoms with E-state index in [1.165, 1.54) is 5.56 Å². The molecule has 1 aromatic heterocycles. The molecule has 82 valence electrons. The lowest BCUT2D eigenvalue weighted by Gasteiger charge is -2.06. The summed E-state index contributed by atoms with van der Waals surface area (Å²) in [4.78, 5) is 11.7. The largest absolute Gasteiger partial charge is 0.268 e. The summed E-state index contributed by atoms with van der Waals surface area (Å²) in [6, 6.07) is 8.22. The fourth-order valence-corrected chi connectivity index (χ4v) is 2.37. The molecule has 0 saturated carbocycles. The molecule has 0 atom stereocenters. The van der Waals surface area contributed by atoms with Crippen molar-refractivity contribution in [3.63, 3.8) is 0 Å². The Hall–Kier alpha value is -1.77. The summed E-state index contributed by atoms with van der Waals surface area (Å²) in [5.41, 5.74) is 4.49. The number of fused-ring (bicyclic) bond motifs is 1. The Morgan fingerprint density at radius 1 is 1.19 bits per heavy atom. The molecule has 3 rings (SSSR count). The van der Waals surface area contributed by atoms with Gasteiger partial charge in [-0.3, -0.25) is 14.6 Å². The van der Waals surface area contributed by atoms with Crippen LogP contribution in [0.3, 0.4) is 0 Å². The maximum Gasteiger partial charge on any atom is 0.267 e. The van der Waals surface area contributed by atoms with E-state index in [1.807, 2.05) is 16.8 Å². The lowest BCUT2D eigenvalue weighted by molar-refractivity contribution is 0.773. The lowest BCUT2D eigenvalue weighted by Crippen LogP contribution is -2.07. The third-order valence-electron chi connectivity index (χ3n) is 3.24. The van der Waals surface area contributed by atoms with Gasteiger partial charge in [0.05, 0.1) is 5.69 Å². The predicted octanol–water partition coefficient (Wildman–Crippen LogP) is 1.96. The van der Waals surface area contributed by atoms with Crippen LogP contribution in [-0.4, -0.2) is 9.78 Å². The summed E-state index contributed by atoms with van der Waals surface area (Å²) in [6.45, 7) is 2.06. The molecule has 1 aliphatic carbocycles. The van der Waals surface area contributed by atoms with Crippen LogP contribution in [0.4, 0.5) is 0 Å². The van der Waals surface area contributed by atoms with Crippen molar-refractivity contribution in [2.24, 2.45) is 0 Å². The van der Waals surface area contributed by atoms with E-state index in [0.29, 0.717) is 0 Å². The van der Waals surface area contributed by atoms with Crippen LogP contribution in [0.1, 0.15) is 23.2 Å². The molecule has 0 fully saturated rings. The van der Waals surface area contributed by atoms with Crippen LogP contribution in [0.15, 0.2) is 29.1 Å². The molecule has 3 heteroatoms. The van der Waals surface area contributed by atoms with Crippen molar-refractivity contribution in [1.82, 2.24) is 9.78 Å². The van der Waals surface area contributed by atoms with Crippen LogP contribution in [0, 0.1) is 6.92 Å². The Morgan fingerprint density at radius 3 is 2.69 bits per heavy atom. The van der Waals surface area contributed by atoms with Crippen molar-refractivity contribution < 1.29 is 0 Å². The SMILES string of the molecule is Cc1ccc(-n2[nH]c(=O)c3c2CCC3)cc1. The van der Waals surface area contributed by atoms with Crippen molar-refractivity contribution in [1.29, 1.82) is 0 Å². The Bertz CT molecular complexity index is 575. The number of hydrogen-bond donors (Lipinski definition) is 1. The highest BCUT2D eigenvalue weighted by atomic mass is 16.1. The van der Waals surface area contributed by atoms with Crippen LogP contribution in [0.25, 0.3) is 5.69 Å². The standard InChI is InChI=1S/C13H14N2O/c1-9-5-7-10(8-6-9)15-12-4-2-3-11(12)13(16)14-15/h5-8H,2-4H2,1H3,(H,14,16). The van der Waals surface area contributed by atoms with Gasteiger partial charge >= 0.3 is 0 Å². The van der Waals surface area contributed by atoms with Crippen LogP contribution < -0.4 is 5.56 Å². The van der Waals surface area contributed by atoms with Crippen molar-refractivity contribution in [2.45, 2.75) is 26.2 Å². The molecule has 1 heterocycles. The van der Waals surface area contributed by atoms with Gasteiger partial charge in [-0.05, 0) is 38.3 Å². The van der Waals surface area contributed by atoms with Gasteiger partial charge in [0.1, 0.15) is 0 Å². The number of aromatic amines is 1. The Kier molecular flexibility index (Phi) is 1.99. The zero-order valence-corrected chi connectivity index (χ0v) is 9.29. The highest BCUT2D eigenvalue weighted by Gasteiger charge is 2.20. The van der Waals surface area contributed by atoms with Crippen LogP contribution in [-0.2, 0) is 12.8 Å². The zero-order chi connectivity index (χ0) is 11.1. The molecule has 0 unspecified atom stereocenters. The first kappa shape index (κ1) is 9.46. The average Bonchev–Trinajstić information content (AvgIpc) is 2.84. The predicted molar refractivity (Wildman–Crippen MR) is 63.2 cm³/mol. The fraction of sp³-hybridized carbons (Fsp3) is 0.308. The molecule has 0 aliphatic heterocycles. The molecular weight excluding hydrogens is 200 g/mol. The fourth-order valence-electron chi connectivity index (χ4n) is 2.37. The van der Waals surface area contributed by atoms with Gasteiger partial charge in [-0.1, -0.05) is 17.7 Å². The zero-order valence-electron chi connectivity index (χ0n) is 9.29. The van der Waals surface area contributed by atoms with E-state index < -0.39 is 0 Å². The van der Waals surface area contributed by atoms with Crippen molar-refractivity contribution in [3.05, 3.63) is 51.4 Å². The molecule has 0 spiro atoms. The maximum absolute atomic E-state index is 11.7. The second-order valence-electron chi connectivity index (χ2n) is 4.39. The molecule has 0 bridgehead atoms. The molecule has 1 aromatic carbocycles. The molecule has 2 aromatic rings. The van der Waals surface area contributed by atoms with E-state index in [9.17, 15) is 4.79 Å². The van der Waals surface area contributed by atoms with Gasteiger partial charge in [0.25, 0.3) is 5.56 Å². The quantitative estimate of drug-likeness (QED) is 0.774. The first-order valence-electron chi connectivity index (χ1n) is 5.65. The second kappa shape index (κ2) is 3.37. The summed E-state index contributed by atoms with van der Waals surface area (Å²) < 4.78 is 1.93. The number of H-pyrrole nitrogens is 1. The van der Waals surface area contributed by atoms with Crippen molar-refractivity contribution in [3.8, 4) is 5.69 Å². The van der Waals surface area contributed by atoms with Crippen molar-refractivity contribution in [2.75, 3.05) is 0 Å². The normalized spacial score (nSPS) is 14.1. The second-order valence-corrected chi connectivity index (χ2v) is 4.39. The first-order chi connectivity index (χ1) is 7.75. The number of nitrogens with one attached hydrogen (secondary N) is 1. The molecule has 16 heavy (non-hydrogen) atoms. The lowest BCUT2D eigenvalue weighted by atomic mass is 10.2. The van der Waals surface area contributed by atoms with Gasteiger partial charge in [0.15, 0.2) is 0 Å². The summed E-state index contributed by atoms with van der Waals surface area (Å²) in [7, 11) is 0. The van der Waals surface area contributed by atoms with Gasteiger partial charge in [-0.25, -0.2) is 0 Å². The molecule has 0 saturated heterocycles.